The third kappa shape index (κ3) is 6.98. The van der Waals surface area contributed by atoms with Gasteiger partial charge in [-0.1, -0.05) is 24.3 Å². The van der Waals surface area contributed by atoms with E-state index < -0.39 is 0 Å². The minimum absolute atomic E-state index is 0.0657. The van der Waals surface area contributed by atoms with Gasteiger partial charge in [0.15, 0.2) is 17.3 Å². The summed E-state index contributed by atoms with van der Waals surface area (Å²) >= 11 is 0. The highest BCUT2D eigenvalue weighted by molar-refractivity contribution is 5.94. The van der Waals surface area contributed by atoms with E-state index >= 15 is 0 Å². The molecule has 2 aliphatic rings. The fraction of sp³-hybridized carbons (Fsp3) is 0.387. The Labute approximate surface area is 229 Å². The van der Waals surface area contributed by atoms with E-state index in [1.807, 2.05) is 48.5 Å². The Morgan fingerprint density at radius 1 is 0.949 bits per heavy atom. The quantitative estimate of drug-likeness (QED) is 0.289. The van der Waals surface area contributed by atoms with Crippen LogP contribution in [0.15, 0.2) is 60.7 Å². The second kappa shape index (κ2) is 12.5. The molecule has 5 rings (SSSR count). The molecule has 2 aromatic carbocycles. The van der Waals surface area contributed by atoms with E-state index in [9.17, 15) is 4.79 Å². The zero-order valence-corrected chi connectivity index (χ0v) is 22.0. The van der Waals surface area contributed by atoms with Gasteiger partial charge in [-0.05, 0) is 73.8 Å². The van der Waals surface area contributed by atoms with Crippen LogP contribution in [0.5, 0.6) is 5.75 Å². The van der Waals surface area contributed by atoms with Crippen LogP contribution in [0, 0.1) is 23.8 Å². The first-order valence-electron chi connectivity index (χ1n) is 13.6. The van der Waals surface area contributed by atoms with Crippen molar-refractivity contribution in [2.24, 2.45) is 5.92 Å². The molecule has 39 heavy (non-hydrogen) atoms. The van der Waals surface area contributed by atoms with Crippen LogP contribution in [-0.4, -0.2) is 53.2 Å². The molecule has 0 spiro atoms. The van der Waals surface area contributed by atoms with Crippen LogP contribution in [0.3, 0.4) is 0 Å². The van der Waals surface area contributed by atoms with Crippen molar-refractivity contribution in [1.29, 1.82) is 5.26 Å². The summed E-state index contributed by atoms with van der Waals surface area (Å²) < 4.78 is 6.08. The van der Waals surface area contributed by atoms with Crippen LogP contribution in [0.25, 0.3) is 4.85 Å². The topological polar surface area (TPSA) is 86.7 Å². The van der Waals surface area contributed by atoms with Gasteiger partial charge in [0.2, 0.25) is 0 Å². The summed E-state index contributed by atoms with van der Waals surface area (Å²) in [7, 11) is 0. The number of carbonyl (C=O) groups is 1. The number of nitriles is 1. The molecule has 0 atom stereocenters. The van der Waals surface area contributed by atoms with Crippen LogP contribution in [0.2, 0.25) is 0 Å². The number of aromatic nitrogens is 2. The third-order valence-corrected chi connectivity index (χ3v) is 7.64. The van der Waals surface area contributed by atoms with Gasteiger partial charge in [0, 0.05) is 38.9 Å². The minimum atomic E-state index is 0.0657. The van der Waals surface area contributed by atoms with Crippen molar-refractivity contribution >= 4 is 17.3 Å². The number of rotatable bonds is 8. The molecule has 0 saturated carbocycles. The maximum Gasteiger partial charge on any atom is 0.187 e. The smallest absolute Gasteiger partial charge is 0.187 e. The molecule has 2 saturated heterocycles. The Morgan fingerprint density at radius 3 is 2.28 bits per heavy atom. The molecule has 0 unspecified atom stereocenters. The van der Waals surface area contributed by atoms with Gasteiger partial charge >= 0.3 is 0 Å². The number of anilines is 1. The van der Waals surface area contributed by atoms with Crippen LogP contribution < -0.4 is 9.64 Å². The molecule has 198 valence electrons. The maximum absolute atomic E-state index is 12.9. The number of hydrogen-bond acceptors (Lipinski definition) is 7. The molecule has 0 aliphatic carbocycles. The van der Waals surface area contributed by atoms with Crippen molar-refractivity contribution in [3.8, 4) is 11.8 Å². The van der Waals surface area contributed by atoms with Gasteiger partial charge in [0.05, 0.1) is 18.2 Å². The molecule has 3 aromatic rings. The first-order chi connectivity index (χ1) is 19.1. The molecule has 0 bridgehead atoms. The first kappa shape index (κ1) is 26.3. The summed E-state index contributed by atoms with van der Waals surface area (Å²) in [6.45, 7) is 11.5. The van der Waals surface area contributed by atoms with Crippen LogP contribution in [-0.2, 0) is 6.54 Å². The average Bonchev–Trinajstić information content (AvgIpc) is 2.99. The third-order valence-electron chi connectivity index (χ3n) is 7.64. The molecule has 0 amide bonds. The van der Waals surface area contributed by atoms with Gasteiger partial charge in [-0.15, -0.1) is 10.2 Å². The van der Waals surface area contributed by atoms with E-state index in [1.165, 1.54) is 5.56 Å². The number of Topliss-reactive ketones (excluding diaryl/α,β-unsaturated/α-hetero) is 1. The highest BCUT2D eigenvalue weighted by Crippen LogP contribution is 2.26. The summed E-state index contributed by atoms with van der Waals surface area (Å²) in [6, 6.07) is 20.9. The molecule has 8 heteroatoms. The van der Waals surface area contributed by atoms with Gasteiger partial charge in [-0.2, -0.15) is 5.26 Å². The lowest BCUT2D eigenvalue weighted by Crippen LogP contribution is -2.38. The van der Waals surface area contributed by atoms with E-state index in [-0.39, 0.29) is 11.9 Å². The van der Waals surface area contributed by atoms with Crippen molar-refractivity contribution in [3.05, 3.63) is 88.9 Å². The molecule has 3 heterocycles. The lowest BCUT2D eigenvalue weighted by atomic mass is 9.90. The molecule has 0 N–H and O–H groups in total. The van der Waals surface area contributed by atoms with Gasteiger partial charge in [0.1, 0.15) is 17.5 Å². The van der Waals surface area contributed by atoms with Gasteiger partial charge in [0.25, 0.3) is 0 Å². The highest BCUT2D eigenvalue weighted by atomic mass is 16.5. The molecular weight excluding hydrogens is 488 g/mol. The minimum Gasteiger partial charge on any atom is -0.490 e. The number of likely N-dealkylation sites (tertiary alicyclic amines) is 1. The average molecular weight is 521 g/mol. The second-order valence-corrected chi connectivity index (χ2v) is 10.3. The Kier molecular flexibility index (Phi) is 8.45. The molecule has 2 fully saturated rings. The van der Waals surface area contributed by atoms with Crippen molar-refractivity contribution in [2.75, 3.05) is 31.1 Å². The lowest BCUT2D eigenvalue weighted by molar-refractivity contribution is 0.0919. The molecule has 0 radical (unpaired) electrons. The van der Waals surface area contributed by atoms with Gasteiger partial charge in [-0.25, -0.2) is 4.85 Å². The van der Waals surface area contributed by atoms with E-state index in [0.29, 0.717) is 29.3 Å². The Balaban J connectivity index is 1.05. The highest BCUT2D eigenvalue weighted by Gasteiger charge is 2.24. The fourth-order valence-corrected chi connectivity index (χ4v) is 5.30. The SMILES string of the molecule is [C-]#[N+]c1ccc(OC2CCN(c3ccc(C(=O)CC4CCN(Cc5ccc(C#N)cc5)CC4)nn3)CC2)cc1. The summed E-state index contributed by atoms with van der Waals surface area (Å²) in [6.07, 6.45) is 4.37. The Bertz CT molecular complexity index is 1330. The monoisotopic (exact) mass is 520 g/mol. The van der Waals surface area contributed by atoms with E-state index in [2.05, 4.69) is 30.9 Å². The zero-order chi connectivity index (χ0) is 27.0. The van der Waals surface area contributed by atoms with Crippen molar-refractivity contribution in [2.45, 2.75) is 44.8 Å². The fourth-order valence-electron chi connectivity index (χ4n) is 5.30. The Hall–Kier alpha value is -4.27. The summed E-state index contributed by atoms with van der Waals surface area (Å²) in [5, 5.41) is 17.6. The zero-order valence-electron chi connectivity index (χ0n) is 22.0. The predicted octanol–water partition coefficient (Wildman–Crippen LogP) is 5.43. The molecule has 1 aromatic heterocycles. The lowest BCUT2D eigenvalue weighted by Gasteiger charge is -2.32. The Morgan fingerprint density at radius 2 is 1.67 bits per heavy atom. The summed E-state index contributed by atoms with van der Waals surface area (Å²) in [5.41, 5.74) is 2.95. The predicted molar refractivity (Wildman–Crippen MR) is 149 cm³/mol. The molecule has 8 nitrogen and oxygen atoms in total. The van der Waals surface area contributed by atoms with Crippen LogP contribution >= 0.6 is 0 Å². The number of nitrogens with zero attached hydrogens (tertiary/aromatic N) is 6. The first-order valence-corrected chi connectivity index (χ1v) is 13.6. The van der Waals surface area contributed by atoms with E-state index in [0.717, 1.165) is 70.0 Å². The number of piperidine rings is 2. The van der Waals surface area contributed by atoms with Crippen molar-refractivity contribution < 1.29 is 9.53 Å². The standard InChI is InChI=1S/C31H32N6O2/c1-33-26-6-8-27(9-7-26)39-28-14-18-37(19-15-28)31-11-10-29(34-35-31)30(38)20-23-12-16-36(17-13-23)22-25-4-2-24(21-32)3-5-25/h2-11,23,28H,12-20,22H2. The molecular formula is C31H32N6O2. The van der Waals surface area contributed by atoms with Crippen molar-refractivity contribution in [1.82, 2.24) is 15.1 Å². The van der Waals surface area contributed by atoms with E-state index in [4.69, 9.17) is 16.6 Å². The van der Waals surface area contributed by atoms with Crippen LogP contribution in [0.1, 0.15) is 53.7 Å². The normalized spacial score (nSPS) is 16.8. The number of hydrogen-bond donors (Lipinski definition) is 0. The van der Waals surface area contributed by atoms with Gasteiger partial charge < -0.3 is 9.64 Å². The molecule has 2 aliphatic heterocycles. The summed E-state index contributed by atoms with van der Waals surface area (Å²) in [5.74, 6) is 2.02. The van der Waals surface area contributed by atoms with Crippen LogP contribution in [0.4, 0.5) is 11.5 Å². The van der Waals surface area contributed by atoms with Crippen molar-refractivity contribution in [3.63, 3.8) is 0 Å². The number of ether oxygens (including phenoxy) is 1. The summed E-state index contributed by atoms with van der Waals surface area (Å²) in [4.78, 5) is 20.9. The second-order valence-electron chi connectivity index (χ2n) is 10.3. The number of ketones is 1. The number of benzene rings is 2. The van der Waals surface area contributed by atoms with Gasteiger partial charge in [-0.3, -0.25) is 9.69 Å². The largest absolute Gasteiger partial charge is 0.490 e. The van der Waals surface area contributed by atoms with E-state index in [1.54, 1.807) is 12.1 Å². The maximum atomic E-state index is 12.9. The number of carbonyl (C=O) groups excluding carboxylic acids is 1.